The van der Waals surface area contributed by atoms with E-state index in [0.717, 1.165) is 5.56 Å². The maximum absolute atomic E-state index is 11.7. The number of hydrogen-bond donors (Lipinski definition) is 3. The van der Waals surface area contributed by atoms with E-state index < -0.39 is 32.2 Å². The standard InChI is InChI=1S/C18H26NO7P/c1-3-24-17(25-4-2)18(22,27-23)15-10-19-14(11-26-15)9-12-5-7-13(8-6-12)16(20)21/h5-8,14-15,17,19,22H,3-4,9-11H2,1-2H3,(H,20,21)/t14-,15+,18?/m1/s1. The molecular formula is C18H26NO7P. The van der Waals surface area contributed by atoms with Crippen LogP contribution >= 0.6 is 8.46 Å². The lowest BCUT2D eigenvalue weighted by Gasteiger charge is -2.40. The second kappa shape index (κ2) is 10.2. The molecule has 3 atom stereocenters. The zero-order chi connectivity index (χ0) is 19.9. The van der Waals surface area contributed by atoms with Gasteiger partial charge in [0.25, 0.3) is 0 Å². The summed E-state index contributed by atoms with van der Waals surface area (Å²) in [6.45, 7) is 4.71. The minimum Gasteiger partial charge on any atom is -0.478 e. The summed E-state index contributed by atoms with van der Waals surface area (Å²) in [5, 5.41) is 21.2. The van der Waals surface area contributed by atoms with Crippen LogP contribution in [0.3, 0.4) is 0 Å². The molecule has 1 heterocycles. The van der Waals surface area contributed by atoms with E-state index in [-0.39, 0.29) is 18.2 Å². The predicted octanol–water partition coefficient (Wildman–Crippen LogP) is 1.66. The molecule has 8 nitrogen and oxygen atoms in total. The van der Waals surface area contributed by atoms with Crippen LogP contribution in [0.15, 0.2) is 24.3 Å². The van der Waals surface area contributed by atoms with Gasteiger partial charge in [0.1, 0.15) is 6.10 Å². The average molecular weight is 399 g/mol. The number of aliphatic hydroxyl groups is 1. The van der Waals surface area contributed by atoms with Crippen molar-refractivity contribution in [2.75, 3.05) is 26.4 Å². The molecule has 1 aliphatic heterocycles. The number of carboxylic acids is 1. The van der Waals surface area contributed by atoms with Crippen LogP contribution in [0.2, 0.25) is 0 Å². The van der Waals surface area contributed by atoms with E-state index in [4.69, 9.17) is 19.3 Å². The zero-order valence-electron chi connectivity index (χ0n) is 15.5. The van der Waals surface area contributed by atoms with Gasteiger partial charge in [0.15, 0.2) is 14.8 Å². The van der Waals surface area contributed by atoms with Crippen LogP contribution in [0.4, 0.5) is 0 Å². The number of aromatic carboxylic acids is 1. The molecule has 1 aliphatic rings. The lowest BCUT2D eigenvalue weighted by molar-refractivity contribution is -0.238. The Morgan fingerprint density at radius 2 is 1.96 bits per heavy atom. The van der Waals surface area contributed by atoms with Crippen LogP contribution in [0.5, 0.6) is 0 Å². The Bertz CT molecular complexity index is 613. The molecule has 1 saturated heterocycles. The first-order chi connectivity index (χ1) is 12.9. The normalized spacial score (nSPS) is 22.7. The molecule has 0 spiro atoms. The number of ether oxygens (including phenoxy) is 3. The van der Waals surface area contributed by atoms with Crippen molar-refractivity contribution in [3.63, 3.8) is 0 Å². The van der Waals surface area contributed by atoms with Gasteiger partial charge in [-0.3, -0.25) is 4.57 Å². The third-order valence-corrected chi connectivity index (χ3v) is 5.17. The first kappa shape index (κ1) is 21.9. The second-order valence-electron chi connectivity index (χ2n) is 6.25. The van der Waals surface area contributed by atoms with Crippen molar-refractivity contribution < 1.29 is 33.8 Å². The zero-order valence-corrected chi connectivity index (χ0v) is 16.4. The van der Waals surface area contributed by atoms with Crippen molar-refractivity contribution in [1.82, 2.24) is 5.32 Å². The van der Waals surface area contributed by atoms with Gasteiger partial charge in [-0.25, -0.2) is 4.79 Å². The van der Waals surface area contributed by atoms with E-state index in [2.05, 4.69) is 5.32 Å². The molecule has 9 heteroatoms. The lowest BCUT2D eigenvalue weighted by atomic mass is 10.0. The van der Waals surface area contributed by atoms with Gasteiger partial charge in [0.2, 0.25) is 5.34 Å². The predicted molar refractivity (Wildman–Crippen MR) is 98.2 cm³/mol. The molecule has 3 N–H and O–H groups in total. The Balaban J connectivity index is 1.96. The van der Waals surface area contributed by atoms with Gasteiger partial charge in [0.05, 0.1) is 12.2 Å². The highest BCUT2D eigenvalue weighted by molar-refractivity contribution is 7.25. The molecule has 0 bridgehead atoms. The molecule has 0 amide bonds. The van der Waals surface area contributed by atoms with Crippen LogP contribution in [0.25, 0.3) is 0 Å². The summed E-state index contributed by atoms with van der Waals surface area (Å²) < 4.78 is 28.3. The van der Waals surface area contributed by atoms with Gasteiger partial charge in [-0.2, -0.15) is 0 Å². The Hall–Kier alpha value is -1.41. The number of morpholine rings is 1. The van der Waals surface area contributed by atoms with Gasteiger partial charge >= 0.3 is 5.97 Å². The van der Waals surface area contributed by atoms with Gasteiger partial charge in [-0.15, -0.1) is 0 Å². The smallest absolute Gasteiger partial charge is 0.335 e. The molecule has 150 valence electrons. The SMILES string of the molecule is CCOC(OCC)C(O)(P=O)[C@@H]1CN[C@H](Cc2ccc(C(=O)O)cc2)CO1. The second-order valence-corrected chi connectivity index (χ2v) is 7.15. The van der Waals surface area contributed by atoms with Crippen LogP contribution in [0.1, 0.15) is 29.8 Å². The molecule has 1 unspecified atom stereocenters. The molecule has 0 aliphatic carbocycles. The van der Waals surface area contributed by atoms with Crippen molar-refractivity contribution >= 4 is 14.4 Å². The molecule has 0 radical (unpaired) electrons. The minimum absolute atomic E-state index is 0.0119. The number of hydrogen-bond acceptors (Lipinski definition) is 7. The highest BCUT2D eigenvalue weighted by Crippen LogP contribution is 2.34. The van der Waals surface area contributed by atoms with Gasteiger partial charge in [0, 0.05) is 25.8 Å². The number of carbonyl (C=O) groups is 1. The Morgan fingerprint density at radius 1 is 1.33 bits per heavy atom. The maximum atomic E-state index is 11.7. The molecule has 1 aromatic rings. The summed E-state index contributed by atoms with van der Waals surface area (Å²) in [6, 6.07) is 6.65. The summed E-state index contributed by atoms with van der Waals surface area (Å²) in [4.78, 5) is 10.9. The molecular weight excluding hydrogens is 373 g/mol. The summed E-state index contributed by atoms with van der Waals surface area (Å²) >= 11 is 0. The number of rotatable bonds is 10. The summed E-state index contributed by atoms with van der Waals surface area (Å²) in [7, 11) is -0.530. The van der Waals surface area contributed by atoms with E-state index in [1.54, 1.807) is 38.1 Å². The quantitative estimate of drug-likeness (QED) is 0.402. The first-order valence-electron chi connectivity index (χ1n) is 8.91. The number of nitrogens with one attached hydrogen (secondary N) is 1. The third-order valence-electron chi connectivity index (χ3n) is 4.38. The lowest BCUT2D eigenvalue weighted by Crippen LogP contribution is -2.60. The molecule has 27 heavy (non-hydrogen) atoms. The van der Waals surface area contributed by atoms with Crippen LogP contribution in [-0.2, 0) is 25.2 Å². The van der Waals surface area contributed by atoms with Crippen molar-refractivity contribution in [2.45, 2.75) is 44.0 Å². The Morgan fingerprint density at radius 3 is 2.41 bits per heavy atom. The van der Waals surface area contributed by atoms with E-state index in [9.17, 15) is 14.5 Å². The summed E-state index contributed by atoms with van der Waals surface area (Å²) in [5.74, 6) is -0.960. The van der Waals surface area contributed by atoms with E-state index >= 15 is 0 Å². The third kappa shape index (κ3) is 5.54. The number of benzene rings is 1. The van der Waals surface area contributed by atoms with Crippen molar-refractivity contribution in [2.24, 2.45) is 0 Å². The summed E-state index contributed by atoms with van der Waals surface area (Å²) in [6.07, 6.45) is -1.18. The molecule has 1 fully saturated rings. The molecule has 0 aromatic heterocycles. The highest BCUT2D eigenvalue weighted by Gasteiger charge is 2.49. The molecule has 1 aromatic carbocycles. The first-order valence-corrected chi connectivity index (χ1v) is 9.73. The Kier molecular flexibility index (Phi) is 8.28. The van der Waals surface area contributed by atoms with Crippen LogP contribution in [0, 0.1) is 0 Å². The molecule has 2 rings (SSSR count). The Labute approximate surface area is 160 Å². The number of carboxylic acid groups (broad SMARTS) is 1. The fourth-order valence-corrected chi connectivity index (χ4v) is 3.46. The van der Waals surface area contributed by atoms with Gasteiger partial charge in [-0.05, 0) is 38.0 Å². The highest BCUT2D eigenvalue weighted by atomic mass is 31.1. The van der Waals surface area contributed by atoms with Gasteiger partial charge < -0.3 is 29.7 Å². The average Bonchev–Trinajstić information content (AvgIpc) is 2.68. The largest absolute Gasteiger partial charge is 0.478 e. The van der Waals surface area contributed by atoms with E-state index in [1.807, 2.05) is 0 Å². The van der Waals surface area contributed by atoms with Crippen molar-refractivity contribution in [1.29, 1.82) is 0 Å². The van der Waals surface area contributed by atoms with E-state index in [1.165, 1.54) is 0 Å². The fraction of sp³-hybridized carbons (Fsp3) is 0.611. The van der Waals surface area contributed by atoms with Crippen LogP contribution < -0.4 is 5.32 Å². The minimum atomic E-state index is -1.81. The van der Waals surface area contributed by atoms with Crippen LogP contribution in [-0.4, -0.2) is 66.3 Å². The topological polar surface area (TPSA) is 114 Å². The fourth-order valence-electron chi connectivity index (χ4n) is 2.95. The van der Waals surface area contributed by atoms with Crippen molar-refractivity contribution in [3.8, 4) is 0 Å². The molecule has 0 saturated carbocycles. The van der Waals surface area contributed by atoms with Crippen molar-refractivity contribution in [3.05, 3.63) is 35.4 Å². The summed E-state index contributed by atoms with van der Waals surface area (Å²) in [5.41, 5.74) is 1.21. The van der Waals surface area contributed by atoms with Gasteiger partial charge in [-0.1, -0.05) is 12.1 Å². The maximum Gasteiger partial charge on any atom is 0.335 e. The van der Waals surface area contributed by atoms with E-state index in [0.29, 0.717) is 26.2 Å². The monoisotopic (exact) mass is 399 g/mol.